The first-order valence-electron chi connectivity index (χ1n) is 8.93. The molecule has 1 amide bonds. The van der Waals surface area contributed by atoms with Gasteiger partial charge in [-0.05, 0) is 43.5 Å². The van der Waals surface area contributed by atoms with Gasteiger partial charge in [0.15, 0.2) is 0 Å². The van der Waals surface area contributed by atoms with Crippen LogP contribution >= 0.6 is 12.4 Å². The molecule has 7 heteroatoms. The summed E-state index contributed by atoms with van der Waals surface area (Å²) in [5.41, 5.74) is 1.14. The Morgan fingerprint density at radius 3 is 2.27 bits per heavy atom. The molecule has 1 saturated heterocycles. The van der Waals surface area contributed by atoms with Gasteiger partial charge in [0.2, 0.25) is 5.91 Å². The van der Waals surface area contributed by atoms with E-state index >= 15 is 0 Å². The van der Waals surface area contributed by atoms with Gasteiger partial charge in [0, 0.05) is 39.0 Å². The third-order valence-electron chi connectivity index (χ3n) is 4.63. The van der Waals surface area contributed by atoms with Crippen molar-refractivity contribution < 1.29 is 19.4 Å². The van der Waals surface area contributed by atoms with Gasteiger partial charge in [-0.15, -0.1) is 12.4 Å². The molecule has 1 fully saturated rings. The number of carbonyl (C=O) groups excluding carboxylic acids is 1. The van der Waals surface area contributed by atoms with Gasteiger partial charge in [-0.1, -0.05) is 12.1 Å². The standard InChI is InChI=1S/C19H28N2O4.ClH/c1-25-17-8-5-16(6-9-17)7-10-18(22)21-14-12-20(13-15-21)11-3-2-4-19(23)24;/h5-6,8-9H,2-4,7,10-15H2,1H3,(H,23,24);1H. The Hall–Kier alpha value is -1.79. The number of carbonyl (C=O) groups is 2. The van der Waals surface area contributed by atoms with Crippen molar-refractivity contribution >= 4 is 24.3 Å². The van der Waals surface area contributed by atoms with Crippen LogP contribution in [-0.4, -0.2) is 66.6 Å². The Morgan fingerprint density at radius 2 is 1.69 bits per heavy atom. The van der Waals surface area contributed by atoms with Gasteiger partial charge in [-0.25, -0.2) is 0 Å². The number of amides is 1. The number of piperazine rings is 1. The van der Waals surface area contributed by atoms with Gasteiger partial charge in [-0.3, -0.25) is 14.5 Å². The maximum Gasteiger partial charge on any atom is 0.303 e. The SMILES string of the molecule is COc1ccc(CCC(=O)N2CCN(CCCCC(=O)O)CC2)cc1.Cl. The lowest BCUT2D eigenvalue weighted by atomic mass is 10.1. The first-order valence-corrected chi connectivity index (χ1v) is 8.93. The number of aryl methyl sites for hydroxylation is 1. The van der Waals surface area contributed by atoms with Crippen LogP contribution in [0.3, 0.4) is 0 Å². The minimum Gasteiger partial charge on any atom is -0.497 e. The number of rotatable bonds is 9. The molecule has 1 aromatic carbocycles. The predicted octanol–water partition coefficient (Wildman–Crippen LogP) is 2.45. The van der Waals surface area contributed by atoms with Crippen molar-refractivity contribution in [2.24, 2.45) is 0 Å². The van der Waals surface area contributed by atoms with Crippen LogP contribution in [0.2, 0.25) is 0 Å². The van der Waals surface area contributed by atoms with Crippen LogP contribution in [0.25, 0.3) is 0 Å². The van der Waals surface area contributed by atoms with E-state index in [9.17, 15) is 9.59 Å². The second kappa shape index (κ2) is 11.8. The summed E-state index contributed by atoms with van der Waals surface area (Å²) in [4.78, 5) is 27.1. The zero-order valence-corrected chi connectivity index (χ0v) is 16.2. The third kappa shape index (κ3) is 7.62. The van der Waals surface area contributed by atoms with E-state index in [1.807, 2.05) is 29.2 Å². The minimum atomic E-state index is -0.729. The number of ether oxygens (including phenoxy) is 1. The zero-order chi connectivity index (χ0) is 18.1. The van der Waals surface area contributed by atoms with Crippen molar-refractivity contribution in [3.05, 3.63) is 29.8 Å². The van der Waals surface area contributed by atoms with Crippen LogP contribution in [0.5, 0.6) is 5.75 Å². The number of carboxylic acid groups (broad SMARTS) is 1. The van der Waals surface area contributed by atoms with Crippen LogP contribution < -0.4 is 4.74 Å². The number of benzene rings is 1. The van der Waals surface area contributed by atoms with Crippen molar-refractivity contribution in [3.63, 3.8) is 0 Å². The molecular formula is C19H29ClN2O4. The number of carboxylic acids is 1. The Balaban J connectivity index is 0.00000338. The Labute approximate surface area is 161 Å². The zero-order valence-electron chi connectivity index (χ0n) is 15.4. The molecule has 6 nitrogen and oxygen atoms in total. The molecule has 1 aliphatic heterocycles. The van der Waals surface area contributed by atoms with Gasteiger partial charge in [-0.2, -0.15) is 0 Å². The quantitative estimate of drug-likeness (QED) is 0.662. The lowest BCUT2D eigenvalue weighted by Gasteiger charge is -2.34. The molecule has 0 saturated carbocycles. The highest BCUT2D eigenvalue weighted by Crippen LogP contribution is 2.14. The third-order valence-corrected chi connectivity index (χ3v) is 4.63. The molecule has 0 radical (unpaired) electrons. The van der Waals surface area contributed by atoms with Crippen molar-refractivity contribution in [1.29, 1.82) is 0 Å². The van der Waals surface area contributed by atoms with E-state index in [0.717, 1.165) is 63.3 Å². The maximum absolute atomic E-state index is 12.4. The van der Waals surface area contributed by atoms with E-state index in [-0.39, 0.29) is 24.7 Å². The second-order valence-electron chi connectivity index (χ2n) is 6.42. The second-order valence-corrected chi connectivity index (χ2v) is 6.42. The molecule has 0 bridgehead atoms. The highest BCUT2D eigenvalue weighted by Gasteiger charge is 2.20. The van der Waals surface area contributed by atoms with Gasteiger partial charge in [0.05, 0.1) is 7.11 Å². The largest absolute Gasteiger partial charge is 0.497 e. The molecule has 1 aromatic rings. The highest BCUT2D eigenvalue weighted by molar-refractivity contribution is 5.85. The van der Waals surface area contributed by atoms with Crippen LogP contribution in [-0.2, 0) is 16.0 Å². The Morgan fingerprint density at radius 1 is 1.04 bits per heavy atom. The number of hydrogen-bond donors (Lipinski definition) is 1. The van der Waals surface area contributed by atoms with Gasteiger partial charge < -0.3 is 14.7 Å². The molecule has 0 aromatic heterocycles. The lowest BCUT2D eigenvalue weighted by Crippen LogP contribution is -2.48. The average molecular weight is 385 g/mol. The smallest absolute Gasteiger partial charge is 0.303 e. The summed E-state index contributed by atoms with van der Waals surface area (Å²) in [6, 6.07) is 7.84. The summed E-state index contributed by atoms with van der Waals surface area (Å²) < 4.78 is 5.14. The van der Waals surface area contributed by atoms with Gasteiger partial charge in [0.25, 0.3) is 0 Å². The topological polar surface area (TPSA) is 70.1 Å². The highest BCUT2D eigenvalue weighted by atomic mass is 35.5. The fraction of sp³-hybridized carbons (Fsp3) is 0.579. The Kier molecular flexibility index (Phi) is 10.1. The first kappa shape index (κ1) is 22.3. The van der Waals surface area contributed by atoms with E-state index < -0.39 is 5.97 Å². The number of hydrogen-bond acceptors (Lipinski definition) is 4. The van der Waals surface area contributed by atoms with Gasteiger partial charge >= 0.3 is 5.97 Å². The fourth-order valence-corrected chi connectivity index (χ4v) is 3.03. The molecule has 146 valence electrons. The van der Waals surface area contributed by atoms with E-state index in [0.29, 0.717) is 6.42 Å². The van der Waals surface area contributed by atoms with Crippen molar-refractivity contribution in [2.45, 2.75) is 32.1 Å². The van der Waals surface area contributed by atoms with E-state index in [1.54, 1.807) is 7.11 Å². The van der Waals surface area contributed by atoms with Crippen molar-refractivity contribution in [2.75, 3.05) is 39.8 Å². The Bertz CT molecular complexity index is 557. The van der Waals surface area contributed by atoms with Crippen LogP contribution in [0.1, 0.15) is 31.2 Å². The van der Waals surface area contributed by atoms with E-state index in [1.165, 1.54) is 0 Å². The van der Waals surface area contributed by atoms with E-state index in [4.69, 9.17) is 9.84 Å². The molecule has 1 aliphatic rings. The molecular weight excluding hydrogens is 356 g/mol. The van der Waals surface area contributed by atoms with Crippen LogP contribution in [0.4, 0.5) is 0 Å². The summed E-state index contributed by atoms with van der Waals surface area (Å²) in [5, 5.41) is 8.64. The molecule has 1 N–H and O–H groups in total. The number of nitrogens with zero attached hydrogens (tertiary/aromatic N) is 2. The summed E-state index contributed by atoms with van der Waals surface area (Å²) in [6.45, 7) is 4.20. The fourth-order valence-electron chi connectivity index (χ4n) is 3.03. The number of unbranched alkanes of at least 4 members (excludes halogenated alkanes) is 1. The molecule has 0 spiro atoms. The molecule has 0 aliphatic carbocycles. The van der Waals surface area contributed by atoms with Crippen LogP contribution in [0.15, 0.2) is 24.3 Å². The number of methoxy groups -OCH3 is 1. The molecule has 2 rings (SSSR count). The summed E-state index contributed by atoms with van der Waals surface area (Å²) in [6.07, 6.45) is 3.14. The predicted molar refractivity (Wildman–Crippen MR) is 103 cm³/mol. The average Bonchev–Trinajstić information content (AvgIpc) is 2.64. The van der Waals surface area contributed by atoms with Crippen molar-refractivity contribution in [1.82, 2.24) is 9.80 Å². The lowest BCUT2D eigenvalue weighted by molar-refractivity contribution is -0.137. The monoisotopic (exact) mass is 384 g/mol. The first-order chi connectivity index (χ1) is 12.1. The van der Waals surface area contributed by atoms with Crippen LogP contribution in [0, 0.1) is 0 Å². The minimum absolute atomic E-state index is 0. The normalized spacial score (nSPS) is 14.6. The summed E-state index contributed by atoms with van der Waals surface area (Å²) in [7, 11) is 1.64. The molecule has 0 atom stereocenters. The maximum atomic E-state index is 12.4. The van der Waals surface area contributed by atoms with E-state index in [2.05, 4.69) is 4.90 Å². The summed E-state index contributed by atoms with van der Waals surface area (Å²) >= 11 is 0. The molecule has 0 unspecified atom stereocenters. The number of aliphatic carboxylic acids is 1. The summed E-state index contributed by atoms with van der Waals surface area (Å²) in [5.74, 6) is 0.308. The van der Waals surface area contributed by atoms with Crippen molar-refractivity contribution in [3.8, 4) is 5.75 Å². The van der Waals surface area contributed by atoms with Gasteiger partial charge in [0.1, 0.15) is 5.75 Å². The molecule has 26 heavy (non-hydrogen) atoms. The molecule has 1 heterocycles. The number of halogens is 1.